The third-order valence-corrected chi connectivity index (χ3v) is 8.42. The molecule has 0 spiro atoms. The van der Waals surface area contributed by atoms with Crippen molar-refractivity contribution in [2.75, 3.05) is 62.2 Å². The molecule has 3 aromatic rings. The molecule has 1 N–H and O–H groups in total. The molecular weight excluding hydrogens is 486 g/mol. The van der Waals surface area contributed by atoms with Gasteiger partial charge in [-0.15, -0.1) is 5.10 Å². The predicted molar refractivity (Wildman–Crippen MR) is 149 cm³/mol. The van der Waals surface area contributed by atoms with Crippen molar-refractivity contribution in [3.63, 3.8) is 0 Å². The van der Waals surface area contributed by atoms with Crippen LogP contribution in [0, 0.1) is 26.7 Å². The zero-order valence-electron chi connectivity index (χ0n) is 22.1. The molecule has 37 heavy (non-hydrogen) atoms. The van der Waals surface area contributed by atoms with Crippen LogP contribution in [0.15, 0.2) is 29.1 Å². The van der Waals surface area contributed by atoms with Gasteiger partial charge in [0, 0.05) is 63.3 Å². The Morgan fingerprint density at radius 1 is 1.08 bits per heavy atom. The molecule has 4 heterocycles. The fourth-order valence-corrected chi connectivity index (χ4v) is 6.32. The lowest BCUT2D eigenvalue weighted by molar-refractivity contribution is -0.125. The Hall–Kier alpha value is -2.98. The van der Waals surface area contributed by atoms with E-state index in [1.54, 1.807) is 0 Å². The topological polar surface area (TPSA) is 86.1 Å². The minimum Gasteiger partial charge on any atom is -0.369 e. The van der Waals surface area contributed by atoms with E-state index in [-0.39, 0.29) is 17.4 Å². The molecule has 5 rings (SSSR count). The van der Waals surface area contributed by atoms with E-state index < -0.39 is 0 Å². The van der Waals surface area contributed by atoms with E-state index in [0.717, 1.165) is 63.7 Å². The summed E-state index contributed by atoms with van der Waals surface area (Å²) in [7, 11) is 0. The van der Waals surface area contributed by atoms with Gasteiger partial charge in [-0.25, -0.2) is 4.98 Å². The van der Waals surface area contributed by atoms with Crippen molar-refractivity contribution in [3.8, 4) is 0 Å². The summed E-state index contributed by atoms with van der Waals surface area (Å²) in [5.74, 6) is 0.0602. The predicted octanol–water partition coefficient (Wildman–Crippen LogP) is 2.62. The smallest absolute Gasteiger partial charge is 0.275 e. The van der Waals surface area contributed by atoms with Crippen LogP contribution in [0.3, 0.4) is 0 Å². The average molecular weight is 524 g/mol. The molecule has 2 fully saturated rings. The summed E-state index contributed by atoms with van der Waals surface area (Å²) in [5.41, 5.74) is 4.54. The number of amides is 1. The van der Waals surface area contributed by atoms with Crippen molar-refractivity contribution in [2.24, 2.45) is 5.92 Å². The van der Waals surface area contributed by atoms with Gasteiger partial charge in [0.1, 0.15) is 0 Å². The van der Waals surface area contributed by atoms with Crippen molar-refractivity contribution in [3.05, 3.63) is 51.4 Å². The number of hydrogen-bond acceptors (Lipinski definition) is 8. The summed E-state index contributed by atoms with van der Waals surface area (Å²) in [4.78, 5) is 37.3. The molecule has 1 amide bonds. The summed E-state index contributed by atoms with van der Waals surface area (Å²) in [6.45, 7) is 13.5. The first kappa shape index (κ1) is 25.7. The molecule has 10 heteroatoms. The van der Waals surface area contributed by atoms with Crippen LogP contribution in [0.5, 0.6) is 0 Å². The van der Waals surface area contributed by atoms with Crippen LogP contribution >= 0.6 is 11.3 Å². The highest BCUT2D eigenvalue weighted by Gasteiger charge is 2.28. The summed E-state index contributed by atoms with van der Waals surface area (Å²) in [5, 5.41) is 8.40. The number of nitrogens with zero attached hydrogens (tertiary/aromatic N) is 6. The van der Waals surface area contributed by atoms with Gasteiger partial charge < -0.3 is 15.1 Å². The third-order valence-electron chi connectivity index (χ3n) is 7.45. The zero-order chi connectivity index (χ0) is 25.9. The molecule has 0 aliphatic carbocycles. The molecule has 0 unspecified atom stereocenters. The minimum absolute atomic E-state index is 0.0618. The van der Waals surface area contributed by atoms with Crippen LogP contribution in [-0.4, -0.2) is 77.8 Å². The maximum atomic E-state index is 12.9. The van der Waals surface area contributed by atoms with Gasteiger partial charge in [0.15, 0.2) is 0 Å². The van der Waals surface area contributed by atoms with Gasteiger partial charge >= 0.3 is 0 Å². The van der Waals surface area contributed by atoms with E-state index in [9.17, 15) is 9.59 Å². The first-order valence-corrected chi connectivity index (χ1v) is 14.1. The quantitative estimate of drug-likeness (QED) is 0.477. The number of hydrogen-bond donors (Lipinski definition) is 1. The highest BCUT2D eigenvalue weighted by atomic mass is 32.1. The fourth-order valence-electron chi connectivity index (χ4n) is 5.33. The first-order valence-electron chi connectivity index (χ1n) is 13.3. The van der Waals surface area contributed by atoms with Crippen molar-refractivity contribution < 1.29 is 4.79 Å². The van der Waals surface area contributed by atoms with Crippen LogP contribution < -0.4 is 20.7 Å². The van der Waals surface area contributed by atoms with Crippen LogP contribution in [0.2, 0.25) is 0 Å². The van der Waals surface area contributed by atoms with E-state index in [4.69, 9.17) is 0 Å². The van der Waals surface area contributed by atoms with Crippen LogP contribution in [0.4, 0.5) is 10.8 Å². The first-order chi connectivity index (χ1) is 17.9. The molecule has 2 aliphatic rings. The molecule has 1 atom stereocenters. The van der Waals surface area contributed by atoms with E-state index in [0.29, 0.717) is 23.7 Å². The number of benzene rings is 1. The highest BCUT2D eigenvalue weighted by molar-refractivity contribution is 7.20. The second-order valence-corrected chi connectivity index (χ2v) is 11.3. The molecule has 2 aromatic heterocycles. The third kappa shape index (κ3) is 5.96. The molecule has 198 valence electrons. The van der Waals surface area contributed by atoms with E-state index in [2.05, 4.69) is 62.1 Å². The number of fused-ring (bicyclic) bond motifs is 1. The van der Waals surface area contributed by atoms with Crippen molar-refractivity contribution in [2.45, 2.75) is 40.0 Å². The molecule has 1 aromatic carbocycles. The van der Waals surface area contributed by atoms with E-state index in [1.165, 1.54) is 38.7 Å². The summed E-state index contributed by atoms with van der Waals surface area (Å²) >= 11 is 1.41. The lowest BCUT2D eigenvalue weighted by Crippen LogP contribution is -2.47. The largest absolute Gasteiger partial charge is 0.369 e. The number of carbonyl (C=O) groups is 1. The molecule has 9 nitrogen and oxygen atoms in total. The van der Waals surface area contributed by atoms with Gasteiger partial charge in [0.2, 0.25) is 16.0 Å². The lowest BCUT2D eigenvalue weighted by Gasteiger charge is -2.37. The second-order valence-electron chi connectivity index (χ2n) is 10.4. The Kier molecular flexibility index (Phi) is 7.76. The van der Waals surface area contributed by atoms with Gasteiger partial charge in [0.25, 0.3) is 5.56 Å². The van der Waals surface area contributed by atoms with Crippen LogP contribution in [0.25, 0.3) is 4.96 Å². The number of aryl methyl sites for hydroxylation is 3. The fraction of sp³-hybridized carbons (Fsp3) is 0.556. The van der Waals surface area contributed by atoms with E-state index >= 15 is 0 Å². The Morgan fingerprint density at radius 2 is 1.89 bits per heavy atom. The maximum absolute atomic E-state index is 12.9. The van der Waals surface area contributed by atoms with Gasteiger partial charge in [-0.05, 0) is 63.8 Å². The number of aromatic nitrogens is 3. The molecule has 2 saturated heterocycles. The Balaban J connectivity index is 1.06. The number of piperazine rings is 1. The standard InChI is InChI=1S/C27H37N7O2S/c1-19-7-8-20(2)23(16-19)32-14-12-31(13-15-32)10-5-9-28-25(36)22-6-4-11-33(18-22)27-30-34-24(35)17-21(3)29-26(34)37-27/h7-8,16-17,22H,4-6,9-15,18H2,1-3H3,(H,28,36)/t22-/m0/s1. The Morgan fingerprint density at radius 3 is 2.70 bits per heavy atom. The number of piperidine rings is 1. The number of rotatable bonds is 7. The van der Waals surface area contributed by atoms with Gasteiger partial charge in [-0.1, -0.05) is 23.5 Å². The van der Waals surface area contributed by atoms with Crippen LogP contribution in [0.1, 0.15) is 36.1 Å². The van der Waals surface area contributed by atoms with E-state index in [1.807, 2.05) is 6.92 Å². The average Bonchev–Trinajstić information content (AvgIpc) is 3.33. The second kappa shape index (κ2) is 11.2. The Labute approximate surface area is 222 Å². The SMILES string of the molecule is Cc1ccc(C)c(N2CCN(CCCNC(=O)[C@H]3CCCN(c4nn5c(=O)cc(C)nc5s4)C3)CC2)c1. The molecular formula is C27H37N7O2S. The number of nitrogens with one attached hydrogen (secondary N) is 1. The van der Waals surface area contributed by atoms with Gasteiger partial charge in [-0.2, -0.15) is 4.52 Å². The molecule has 2 aliphatic heterocycles. The molecule has 0 bridgehead atoms. The van der Waals surface area contributed by atoms with Crippen molar-refractivity contribution >= 4 is 33.0 Å². The zero-order valence-corrected chi connectivity index (χ0v) is 22.9. The van der Waals surface area contributed by atoms with Gasteiger partial charge in [-0.3, -0.25) is 14.5 Å². The number of carbonyl (C=O) groups excluding carboxylic acids is 1. The molecule has 0 saturated carbocycles. The number of anilines is 2. The normalized spacial score (nSPS) is 18.9. The van der Waals surface area contributed by atoms with Crippen molar-refractivity contribution in [1.29, 1.82) is 0 Å². The van der Waals surface area contributed by atoms with Crippen LogP contribution in [-0.2, 0) is 4.79 Å². The lowest BCUT2D eigenvalue weighted by atomic mass is 9.97. The minimum atomic E-state index is -0.164. The molecule has 0 radical (unpaired) electrons. The summed E-state index contributed by atoms with van der Waals surface area (Å²) < 4.78 is 1.36. The summed E-state index contributed by atoms with van der Waals surface area (Å²) in [6, 6.07) is 8.18. The maximum Gasteiger partial charge on any atom is 0.275 e. The van der Waals surface area contributed by atoms with Crippen molar-refractivity contribution in [1.82, 2.24) is 24.8 Å². The van der Waals surface area contributed by atoms with Gasteiger partial charge in [0.05, 0.1) is 5.92 Å². The highest BCUT2D eigenvalue weighted by Crippen LogP contribution is 2.27. The monoisotopic (exact) mass is 523 g/mol. The summed E-state index contributed by atoms with van der Waals surface area (Å²) in [6.07, 6.45) is 2.77. The Bertz CT molecular complexity index is 1310.